The molecule has 204 valence electrons. The summed E-state index contributed by atoms with van der Waals surface area (Å²) in [6.45, 7) is 0.184. The van der Waals surface area contributed by atoms with Gasteiger partial charge in [0.15, 0.2) is 0 Å². The minimum atomic E-state index is -0.582. The van der Waals surface area contributed by atoms with E-state index in [1.807, 2.05) is 109 Å². The van der Waals surface area contributed by atoms with Gasteiger partial charge in [0.05, 0.1) is 30.0 Å². The van der Waals surface area contributed by atoms with E-state index < -0.39 is 5.92 Å². The van der Waals surface area contributed by atoms with Crippen LogP contribution in [0.2, 0.25) is 0 Å². The highest BCUT2D eigenvalue weighted by Crippen LogP contribution is 2.40. The van der Waals surface area contributed by atoms with Gasteiger partial charge in [-0.25, -0.2) is 0 Å². The number of carbonyl (C=O) groups is 1. The summed E-state index contributed by atoms with van der Waals surface area (Å²) in [5, 5.41) is 13.2. The molecule has 6 aromatic rings. The number of carbonyl (C=O) groups excluding carboxylic acids is 1. The van der Waals surface area contributed by atoms with Crippen LogP contribution in [0.5, 0.6) is 5.75 Å². The number of hydrogen-bond donors (Lipinski definition) is 2. The third kappa shape index (κ3) is 5.00. The van der Waals surface area contributed by atoms with E-state index in [1.54, 1.807) is 11.6 Å². The Morgan fingerprint density at radius 3 is 2.24 bits per heavy atom. The maximum Gasteiger partial charge on any atom is 0.310 e. The molecule has 4 aromatic carbocycles. The molecule has 1 unspecified atom stereocenters. The van der Waals surface area contributed by atoms with Crippen LogP contribution in [0.4, 0.5) is 0 Å². The SMILES string of the molecule is Cn1c(=O)c(C(c2ccccc2)c2[nH]c3ccccc3c2CCOC(=O)Cc2ccccc2)c(O)c2ccccc21. The Kier molecular flexibility index (Phi) is 7.13. The van der Waals surface area contributed by atoms with Gasteiger partial charge in [0, 0.05) is 35.5 Å². The van der Waals surface area contributed by atoms with E-state index in [1.165, 1.54) is 0 Å². The highest BCUT2D eigenvalue weighted by Gasteiger charge is 2.30. The van der Waals surface area contributed by atoms with Crippen molar-refractivity contribution in [3.63, 3.8) is 0 Å². The van der Waals surface area contributed by atoms with Crippen molar-refractivity contribution in [3.05, 3.63) is 147 Å². The number of fused-ring (bicyclic) bond motifs is 2. The van der Waals surface area contributed by atoms with E-state index in [0.717, 1.165) is 33.3 Å². The second-order valence-corrected chi connectivity index (χ2v) is 10.2. The molecule has 0 fully saturated rings. The molecule has 0 saturated heterocycles. The number of benzene rings is 4. The average molecular weight is 543 g/mol. The summed E-state index contributed by atoms with van der Waals surface area (Å²) in [6.07, 6.45) is 0.646. The first kappa shape index (κ1) is 26.1. The molecule has 6 rings (SSSR count). The predicted molar refractivity (Wildman–Crippen MR) is 161 cm³/mol. The normalized spacial score (nSPS) is 12.0. The third-order valence-corrected chi connectivity index (χ3v) is 7.67. The molecule has 2 aromatic heterocycles. The van der Waals surface area contributed by atoms with Crippen LogP contribution in [0.3, 0.4) is 0 Å². The van der Waals surface area contributed by atoms with Gasteiger partial charge >= 0.3 is 5.97 Å². The Balaban J connectivity index is 1.46. The zero-order valence-electron chi connectivity index (χ0n) is 22.7. The number of hydrogen-bond acceptors (Lipinski definition) is 4. The topological polar surface area (TPSA) is 84.3 Å². The molecule has 0 aliphatic rings. The molecular weight excluding hydrogens is 512 g/mol. The van der Waals surface area contributed by atoms with Crippen LogP contribution in [0.1, 0.15) is 33.9 Å². The Labute approximate surface area is 237 Å². The number of para-hydroxylation sites is 2. The van der Waals surface area contributed by atoms with Crippen molar-refractivity contribution in [1.29, 1.82) is 0 Å². The van der Waals surface area contributed by atoms with Crippen molar-refractivity contribution < 1.29 is 14.6 Å². The van der Waals surface area contributed by atoms with Gasteiger partial charge in [0.1, 0.15) is 5.75 Å². The van der Waals surface area contributed by atoms with Gasteiger partial charge in [-0.1, -0.05) is 91.0 Å². The van der Waals surface area contributed by atoms with Crippen LogP contribution >= 0.6 is 0 Å². The molecular formula is C35H30N2O4. The highest BCUT2D eigenvalue weighted by atomic mass is 16.5. The minimum Gasteiger partial charge on any atom is -0.507 e. The lowest BCUT2D eigenvalue weighted by Crippen LogP contribution is -2.25. The molecule has 0 aliphatic heterocycles. The fraction of sp³-hybridized carbons (Fsp3) is 0.143. The van der Waals surface area contributed by atoms with Gasteiger partial charge in [-0.3, -0.25) is 9.59 Å². The van der Waals surface area contributed by atoms with Crippen molar-refractivity contribution in [2.45, 2.75) is 18.8 Å². The zero-order valence-corrected chi connectivity index (χ0v) is 22.7. The van der Waals surface area contributed by atoms with Gasteiger partial charge in [0.2, 0.25) is 0 Å². The van der Waals surface area contributed by atoms with Gasteiger partial charge in [0.25, 0.3) is 5.56 Å². The van der Waals surface area contributed by atoms with Crippen LogP contribution in [0.15, 0.2) is 114 Å². The van der Waals surface area contributed by atoms with Crippen molar-refractivity contribution in [3.8, 4) is 5.75 Å². The summed E-state index contributed by atoms with van der Waals surface area (Å²) in [4.78, 5) is 30.1. The van der Waals surface area contributed by atoms with Crippen LogP contribution in [-0.4, -0.2) is 27.2 Å². The second-order valence-electron chi connectivity index (χ2n) is 10.2. The van der Waals surface area contributed by atoms with Crippen molar-refractivity contribution >= 4 is 27.8 Å². The Morgan fingerprint density at radius 1 is 0.854 bits per heavy atom. The first-order valence-corrected chi connectivity index (χ1v) is 13.7. The number of aryl methyl sites for hydroxylation is 1. The molecule has 41 heavy (non-hydrogen) atoms. The summed E-state index contributed by atoms with van der Waals surface area (Å²) in [5.41, 5.74) is 5.09. The number of nitrogens with one attached hydrogen (secondary N) is 1. The molecule has 2 heterocycles. The number of aromatic hydroxyl groups is 1. The summed E-state index contributed by atoms with van der Waals surface area (Å²) in [7, 11) is 1.73. The fourth-order valence-corrected chi connectivity index (χ4v) is 5.70. The van der Waals surface area contributed by atoms with E-state index in [9.17, 15) is 14.7 Å². The van der Waals surface area contributed by atoms with E-state index in [0.29, 0.717) is 22.9 Å². The van der Waals surface area contributed by atoms with Crippen LogP contribution in [-0.2, 0) is 29.4 Å². The van der Waals surface area contributed by atoms with Gasteiger partial charge in [-0.2, -0.15) is 0 Å². The highest BCUT2D eigenvalue weighted by molar-refractivity contribution is 5.88. The van der Waals surface area contributed by atoms with E-state index in [-0.39, 0.29) is 30.3 Å². The monoisotopic (exact) mass is 542 g/mol. The number of esters is 1. The number of H-pyrrole nitrogens is 1. The third-order valence-electron chi connectivity index (χ3n) is 7.67. The van der Waals surface area contributed by atoms with Crippen LogP contribution in [0.25, 0.3) is 21.8 Å². The summed E-state index contributed by atoms with van der Waals surface area (Å²) in [5.74, 6) is -0.906. The standard InChI is InChI=1S/C35H30N2O4/c1-37-29-19-11-9-17-27(29)34(39)32(35(37)40)31(24-14-6-3-7-15-24)33-26(25-16-8-10-18-28(25)36-33)20-21-41-30(38)22-23-12-4-2-5-13-23/h2-19,31,36,39H,20-22H2,1H3. The molecule has 0 bridgehead atoms. The van der Waals surface area contributed by atoms with E-state index >= 15 is 0 Å². The minimum absolute atomic E-state index is 0.0311. The van der Waals surface area contributed by atoms with Crippen molar-refractivity contribution in [1.82, 2.24) is 9.55 Å². The summed E-state index contributed by atoms with van der Waals surface area (Å²) >= 11 is 0. The average Bonchev–Trinajstić information content (AvgIpc) is 3.37. The lowest BCUT2D eigenvalue weighted by atomic mass is 9.85. The van der Waals surface area contributed by atoms with Crippen LogP contribution in [0, 0.1) is 0 Å². The number of aromatic amines is 1. The molecule has 0 saturated carbocycles. The molecule has 0 aliphatic carbocycles. The smallest absolute Gasteiger partial charge is 0.310 e. The van der Waals surface area contributed by atoms with Gasteiger partial charge in [-0.05, 0) is 34.9 Å². The molecule has 0 spiro atoms. The Hall–Kier alpha value is -5.10. The van der Waals surface area contributed by atoms with Crippen molar-refractivity contribution in [2.75, 3.05) is 6.61 Å². The number of ether oxygens (including phenoxy) is 1. The first-order valence-electron chi connectivity index (χ1n) is 13.7. The lowest BCUT2D eigenvalue weighted by Gasteiger charge is -2.22. The Bertz CT molecular complexity index is 1910. The fourth-order valence-electron chi connectivity index (χ4n) is 5.70. The number of nitrogens with zero attached hydrogens (tertiary/aromatic N) is 1. The summed E-state index contributed by atoms with van der Waals surface area (Å²) < 4.78 is 7.26. The molecule has 0 amide bonds. The number of aromatic nitrogens is 2. The van der Waals surface area contributed by atoms with Gasteiger partial charge < -0.3 is 19.4 Å². The molecule has 2 N–H and O–H groups in total. The van der Waals surface area contributed by atoms with Crippen LogP contribution < -0.4 is 5.56 Å². The zero-order chi connectivity index (χ0) is 28.3. The first-order chi connectivity index (χ1) is 20.0. The molecule has 6 nitrogen and oxygen atoms in total. The predicted octanol–water partition coefficient (Wildman–Crippen LogP) is 6.23. The largest absolute Gasteiger partial charge is 0.507 e. The summed E-state index contributed by atoms with van der Waals surface area (Å²) in [6, 6.07) is 34.5. The lowest BCUT2D eigenvalue weighted by molar-refractivity contribution is -0.142. The molecule has 6 heteroatoms. The number of pyridine rings is 1. The molecule has 0 radical (unpaired) electrons. The quantitative estimate of drug-likeness (QED) is 0.223. The second kappa shape index (κ2) is 11.2. The maximum atomic E-state index is 13.9. The van der Waals surface area contributed by atoms with Gasteiger partial charge in [-0.15, -0.1) is 0 Å². The number of rotatable bonds is 8. The molecule has 1 atom stereocenters. The Morgan fingerprint density at radius 2 is 1.49 bits per heavy atom. The van der Waals surface area contributed by atoms with E-state index in [2.05, 4.69) is 4.98 Å². The maximum absolute atomic E-state index is 13.9. The van der Waals surface area contributed by atoms with Crippen molar-refractivity contribution in [2.24, 2.45) is 7.05 Å². The van der Waals surface area contributed by atoms with E-state index in [4.69, 9.17) is 4.74 Å².